The Morgan fingerprint density at radius 1 is 1.04 bits per heavy atom. The van der Waals surface area contributed by atoms with Gasteiger partial charge in [-0.15, -0.1) is 0 Å². The van der Waals surface area contributed by atoms with Crippen LogP contribution in [0.4, 0.5) is 13.2 Å². The van der Waals surface area contributed by atoms with Crippen molar-refractivity contribution in [2.45, 2.75) is 31.7 Å². The third-order valence-electron chi connectivity index (χ3n) is 4.54. The van der Waals surface area contributed by atoms with Gasteiger partial charge in [0.25, 0.3) is 0 Å². The summed E-state index contributed by atoms with van der Waals surface area (Å²) < 4.78 is 43.1. The number of rotatable bonds is 5. The second kappa shape index (κ2) is 7.91. The molecular formula is C20H20F3NO2. The van der Waals surface area contributed by atoms with Crippen molar-refractivity contribution < 1.29 is 22.7 Å². The first kappa shape index (κ1) is 18.5. The molecule has 2 aromatic carbocycles. The van der Waals surface area contributed by atoms with Crippen LogP contribution < -0.4 is 5.32 Å². The van der Waals surface area contributed by atoms with Gasteiger partial charge < -0.3 is 10.1 Å². The van der Waals surface area contributed by atoms with E-state index in [0.717, 1.165) is 23.3 Å². The standard InChI is InChI=1S/C20H20F3NO2/c21-20(22,23)17-8-6-14(7-9-17)10-16-11-18(24-12-16)19(25)26-13-15-4-2-1-3-5-15/h1-9,16,18,24H,10-13H2. The molecule has 138 valence electrons. The van der Waals surface area contributed by atoms with E-state index in [2.05, 4.69) is 5.32 Å². The van der Waals surface area contributed by atoms with Gasteiger partial charge >= 0.3 is 12.1 Å². The van der Waals surface area contributed by atoms with Crippen LogP contribution in [0.5, 0.6) is 0 Å². The molecule has 0 aromatic heterocycles. The minimum atomic E-state index is -4.32. The Morgan fingerprint density at radius 2 is 1.73 bits per heavy atom. The second-order valence-electron chi connectivity index (χ2n) is 6.55. The highest BCUT2D eigenvalue weighted by molar-refractivity contribution is 5.76. The van der Waals surface area contributed by atoms with Crippen molar-refractivity contribution in [1.82, 2.24) is 5.32 Å². The van der Waals surface area contributed by atoms with Gasteiger partial charge in [0.15, 0.2) is 0 Å². The molecule has 6 heteroatoms. The maximum atomic E-state index is 12.6. The fourth-order valence-corrected chi connectivity index (χ4v) is 3.14. The van der Waals surface area contributed by atoms with Crippen molar-refractivity contribution in [3.8, 4) is 0 Å². The van der Waals surface area contributed by atoms with Crippen molar-refractivity contribution in [2.24, 2.45) is 5.92 Å². The normalized spacial score (nSPS) is 20.1. The molecule has 1 aliphatic rings. The molecule has 0 saturated carbocycles. The number of esters is 1. The molecule has 2 atom stereocenters. The van der Waals surface area contributed by atoms with Crippen LogP contribution in [0.2, 0.25) is 0 Å². The summed E-state index contributed by atoms with van der Waals surface area (Å²) >= 11 is 0. The first-order valence-corrected chi connectivity index (χ1v) is 8.52. The lowest BCUT2D eigenvalue weighted by atomic mass is 9.96. The zero-order chi connectivity index (χ0) is 18.6. The highest BCUT2D eigenvalue weighted by Crippen LogP contribution is 2.30. The van der Waals surface area contributed by atoms with Gasteiger partial charge in [-0.05, 0) is 48.6 Å². The summed E-state index contributed by atoms with van der Waals surface area (Å²) in [6.07, 6.45) is -3.07. The lowest BCUT2D eigenvalue weighted by molar-refractivity contribution is -0.147. The predicted octanol–water partition coefficient (Wildman–Crippen LogP) is 3.97. The molecule has 0 radical (unpaired) electrons. The van der Waals surface area contributed by atoms with E-state index in [-0.39, 0.29) is 24.5 Å². The van der Waals surface area contributed by atoms with Crippen molar-refractivity contribution in [3.63, 3.8) is 0 Å². The van der Waals surface area contributed by atoms with Gasteiger partial charge in [0.1, 0.15) is 12.6 Å². The first-order valence-electron chi connectivity index (χ1n) is 8.52. The molecule has 1 saturated heterocycles. The minimum Gasteiger partial charge on any atom is -0.460 e. The second-order valence-corrected chi connectivity index (χ2v) is 6.55. The third kappa shape index (κ3) is 4.85. The number of carbonyl (C=O) groups is 1. The number of ether oxygens (including phenoxy) is 1. The average molecular weight is 363 g/mol. The summed E-state index contributed by atoms with van der Waals surface area (Å²) in [7, 11) is 0. The van der Waals surface area contributed by atoms with Crippen LogP contribution in [0, 0.1) is 5.92 Å². The molecule has 3 rings (SSSR count). The molecule has 1 heterocycles. The van der Waals surface area contributed by atoms with Crippen LogP contribution >= 0.6 is 0 Å². The fourth-order valence-electron chi connectivity index (χ4n) is 3.14. The summed E-state index contributed by atoms with van der Waals surface area (Å²) in [6.45, 7) is 0.882. The van der Waals surface area contributed by atoms with E-state index in [1.165, 1.54) is 12.1 Å². The lowest BCUT2D eigenvalue weighted by Crippen LogP contribution is -2.32. The molecule has 2 aromatic rings. The topological polar surface area (TPSA) is 38.3 Å². The maximum Gasteiger partial charge on any atom is 0.416 e. The van der Waals surface area contributed by atoms with Gasteiger partial charge in [-0.2, -0.15) is 13.2 Å². The number of carbonyl (C=O) groups excluding carboxylic acids is 1. The Kier molecular flexibility index (Phi) is 5.61. The zero-order valence-corrected chi connectivity index (χ0v) is 14.1. The van der Waals surface area contributed by atoms with Gasteiger partial charge in [0, 0.05) is 0 Å². The van der Waals surface area contributed by atoms with Crippen molar-refractivity contribution in [3.05, 3.63) is 71.3 Å². The van der Waals surface area contributed by atoms with Crippen LogP contribution in [-0.2, 0) is 28.7 Å². The number of nitrogens with one attached hydrogen (secondary N) is 1. The van der Waals surface area contributed by atoms with Gasteiger partial charge in [-0.25, -0.2) is 0 Å². The number of halogens is 3. The average Bonchev–Trinajstić information content (AvgIpc) is 3.09. The highest BCUT2D eigenvalue weighted by Gasteiger charge is 2.32. The molecule has 2 unspecified atom stereocenters. The maximum absolute atomic E-state index is 12.6. The van der Waals surface area contributed by atoms with Crippen molar-refractivity contribution in [2.75, 3.05) is 6.54 Å². The monoisotopic (exact) mass is 363 g/mol. The third-order valence-corrected chi connectivity index (χ3v) is 4.54. The van der Waals surface area contributed by atoms with Crippen LogP contribution in [0.1, 0.15) is 23.1 Å². The van der Waals surface area contributed by atoms with E-state index in [1.54, 1.807) is 0 Å². The molecule has 1 N–H and O–H groups in total. The summed E-state index contributed by atoms with van der Waals surface area (Å²) in [5.41, 5.74) is 1.12. The Balaban J connectivity index is 1.48. The SMILES string of the molecule is O=C(OCc1ccccc1)C1CC(Cc2ccc(C(F)(F)F)cc2)CN1. The summed E-state index contributed by atoms with van der Waals surface area (Å²) in [6, 6.07) is 14.3. The molecule has 0 bridgehead atoms. The number of hydrogen-bond acceptors (Lipinski definition) is 3. The summed E-state index contributed by atoms with van der Waals surface area (Å²) in [5.74, 6) is -0.0928. The number of alkyl halides is 3. The van der Waals surface area contributed by atoms with Gasteiger partial charge in [-0.3, -0.25) is 4.79 Å². The molecule has 1 aliphatic heterocycles. The van der Waals surface area contributed by atoms with Gasteiger partial charge in [0.05, 0.1) is 5.56 Å². The predicted molar refractivity (Wildman–Crippen MR) is 91.3 cm³/mol. The van der Waals surface area contributed by atoms with Crippen LogP contribution in [-0.4, -0.2) is 18.6 Å². The molecule has 26 heavy (non-hydrogen) atoms. The molecule has 0 spiro atoms. The van der Waals surface area contributed by atoms with E-state index >= 15 is 0 Å². The number of hydrogen-bond donors (Lipinski definition) is 1. The molecule has 3 nitrogen and oxygen atoms in total. The van der Waals surface area contributed by atoms with E-state index in [4.69, 9.17) is 4.74 Å². The Labute approximate surface area is 150 Å². The Bertz CT molecular complexity index is 729. The van der Waals surface area contributed by atoms with E-state index in [0.29, 0.717) is 19.4 Å². The van der Waals surface area contributed by atoms with Crippen molar-refractivity contribution >= 4 is 5.97 Å². The smallest absolute Gasteiger partial charge is 0.416 e. The largest absolute Gasteiger partial charge is 0.460 e. The van der Waals surface area contributed by atoms with Crippen LogP contribution in [0.15, 0.2) is 54.6 Å². The fraction of sp³-hybridized carbons (Fsp3) is 0.350. The van der Waals surface area contributed by atoms with E-state index in [1.807, 2.05) is 30.3 Å². The Morgan fingerprint density at radius 3 is 2.38 bits per heavy atom. The van der Waals surface area contributed by atoms with Crippen LogP contribution in [0.3, 0.4) is 0 Å². The summed E-state index contributed by atoms with van der Waals surface area (Å²) in [5, 5.41) is 3.14. The van der Waals surface area contributed by atoms with Crippen LogP contribution in [0.25, 0.3) is 0 Å². The van der Waals surface area contributed by atoms with Gasteiger partial charge in [-0.1, -0.05) is 42.5 Å². The molecule has 0 amide bonds. The van der Waals surface area contributed by atoms with E-state index in [9.17, 15) is 18.0 Å². The lowest BCUT2D eigenvalue weighted by Gasteiger charge is -2.12. The molecule has 1 fully saturated rings. The summed E-state index contributed by atoms with van der Waals surface area (Å²) in [4.78, 5) is 12.2. The number of benzene rings is 2. The quantitative estimate of drug-likeness (QED) is 0.817. The first-order chi connectivity index (χ1) is 12.4. The molecule has 0 aliphatic carbocycles. The molecular weight excluding hydrogens is 343 g/mol. The van der Waals surface area contributed by atoms with E-state index < -0.39 is 11.7 Å². The zero-order valence-electron chi connectivity index (χ0n) is 14.1. The van der Waals surface area contributed by atoms with Gasteiger partial charge in [0.2, 0.25) is 0 Å². The highest BCUT2D eigenvalue weighted by atomic mass is 19.4. The Hall–Kier alpha value is -2.34. The van der Waals surface area contributed by atoms with Crippen molar-refractivity contribution in [1.29, 1.82) is 0 Å². The minimum absolute atomic E-state index is 0.195.